The van der Waals surface area contributed by atoms with Crippen molar-refractivity contribution in [2.75, 3.05) is 16.8 Å². The Morgan fingerprint density at radius 3 is 2.56 bits per heavy atom. The van der Waals surface area contributed by atoms with Crippen molar-refractivity contribution >= 4 is 35.1 Å². The number of urea groups is 1. The largest absolute Gasteiger partial charge is 0.478 e. The minimum absolute atomic E-state index is 0.0706. The van der Waals surface area contributed by atoms with E-state index in [0.29, 0.717) is 17.1 Å². The fraction of sp³-hybridized carbons (Fsp3) is 0.368. The van der Waals surface area contributed by atoms with E-state index in [-0.39, 0.29) is 23.4 Å². The zero-order chi connectivity index (χ0) is 20.1. The third kappa shape index (κ3) is 3.23. The highest BCUT2D eigenvalue weighted by Crippen LogP contribution is 2.40. The van der Waals surface area contributed by atoms with Gasteiger partial charge in [-0.2, -0.15) is 4.98 Å². The number of amides is 2. The molecule has 1 N–H and O–H groups in total. The summed E-state index contributed by atoms with van der Waals surface area (Å²) in [5.74, 6) is -0.560. The third-order valence-corrected chi connectivity index (χ3v) is 4.79. The Hall–Kier alpha value is -2.67. The van der Waals surface area contributed by atoms with Gasteiger partial charge in [0.15, 0.2) is 0 Å². The highest BCUT2D eigenvalue weighted by molar-refractivity contribution is 6.28. The summed E-state index contributed by atoms with van der Waals surface area (Å²) in [6, 6.07) is 3.03. The van der Waals surface area contributed by atoms with Gasteiger partial charge in [0.1, 0.15) is 5.82 Å². The maximum absolute atomic E-state index is 13.1. The Labute approximate surface area is 162 Å². The molecule has 0 spiro atoms. The van der Waals surface area contributed by atoms with Crippen LogP contribution in [0.2, 0.25) is 5.28 Å². The zero-order valence-corrected chi connectivity index (χ0v) is 16.6. The smallest absolute Gasteiger partial charge is 0.336 e. The van der Waals surface area contributed by atoms with Crippen molar-refractivity contribution in [3.8, 4) is 0 Å². The van der Waals surface area contributed by atoms with Gasteiger partial charge in [0.05, 0.1) is 17.8 Å². The summed E-state index contributed by atoms with van der Waals surface area (Å²) in [4.78, 5) is 36.1. The van der Waals surface area contributed by atoms with Crippen molar-refractivity contribution in [1.82, 2.24) is 9.97 Å². The first kappa shape index (κ1) is 19.1. The van der Waals surface area contributed by atoms with Gasteiger partial charge in [0, 0.05) is 18.8 Å². The summed E-state index contributed by atoms with van der Waals surface area (Å²) < 4.78 is 0. The van der Waals surface area contributed by atoms with Crippen molar-refractivity contribution in [2.24, 2.45) is 0 Å². The van der Waals surface area contributed by atoms with Gasteiger partial charge in [-0.05, 0) is 41.1 Å². The number of carboxylic acid groups (broad SMARTS) is 1. The quantitative estimate of drug-likeness (QED) is 0.785. The fourth-order valence-electron chi connectivity index (χ4n) is 3.44. The van der Waals surface area contributed by atoms with E-state index in [2.05, 4.69) is 9.97 Å². The van der Waals surface area contributed by atoms with Crippen molar-refractivity contribution in [3.05, 3.63) is 45.9 Å². The summed E-state index contributed by atoms with van der Waals surface area (Å²) in [5.41, 5.74) is 2.50. The number of hydrogen-bond donors (Lipinski definition) is 1. The molecule has 0 fully saturated rings. The molecule has 142 valence electrons. The number of aromatic carboxylic acids is 1. The summed E-state index contributed by atoms with van der Waals surface area (Å²) in [6.07, 6.45) is 1.59. The van der Waals surface area contributed by atoms with Crippen LogP contribution < -0.4 is 9.80 Å². The minimum atomic E-state index is -1.02. The Morgan fingerprint density at radius 1 is 1.30 bits per heavy atom. The second kappa shape index (κ2) is 6.49. The van der Waals surface area contributed by atoms with E-state index in [4.69, 9.17) is 11.6 Å². The Kier molecular flexibility index (Phi) is 4.59. The van der Waals surface area contributed by atoms with Crippen LogP contribution in [-0.4, -0.2) is 34.1 Å². The monoisotopic (exact) mass is 388 g/mol. The van der Waals surface area contributed by atoms with E-state index < -0.39 is 11.4 Å². The van der Waals surface area contributed by atoms with Crippen LogP contribution in [0.5, 0.6) is 0 Å². The number of fused-ring (bicyclic) bond motifs is 1. The Bertz CT molecular complexity index is 953. The molecule has 2 amide bonds. The van der Waals surface area contributed by atoms with E-state index in [0.717, 1.165) is 11.1 Å². The third-order valence-electron chi connectivity index (χ3n) is 4.61. The number of rotatable bonds is 2. The van der Waals surface area contributed by atoms with Crippen LogP contribution in [0.4, 0.5) is 16.3 Å². The maximum Gasteiger partial charge on any atom is 0.336 e. The standard InChI is InChI=1S/C19H21ClN4O3/c1-10-6-7-12(16(25)26)13(19(2,3)4)14(10)24-9-11-8-21-17(20)22-15(11)23(5)18(24)27/h6-8H,9H2,1-5H3,(H,25,26). The van der Waals surface area contributed by atoms with E-state index in [1.54, 1.807) is 30.3 Å². The number of carbonyl (C=O) groups is 2. The topological polar surface area (TPSA) is 86.6 Å². The molecule has 1 aromatic carbocycles. The number of aryl methyl sites for hydroxylation is 1. The number of halogens is 1. The number of carboxylic acids is 1. The number of aromatic nitrogens is 2. The van der Waals surface area contributed by atoms with Crippen LogP contribution in [0.3, 0.4) is 0 Å². The summed E-state index contributed by atoms with van der Waals surface area (Å²) in [7, 11) is 1.61. The first-order valence-electron chi connectivity index (χ1n) is 8.46. The molecule has 27 heavy (non-hydrogen) atoms. The molecule has 1 aliphatic rings. The predicted molar refractivity (Wildman–Crippen MR) is 104 cm³/mol. The van der Waals surface area contributed by atoms with Crippen molar-refractivity contribution in [2.45, 2.75) is 39.7 Å². The molecule has 1 aliphatic heterocycles. The number of anilines is 2. The molecule has 2 aromatic rings. The minimum Gasteiger partial charge on any atom is -0.478 e. The first-order chi connectivity index (χ1) is 12.5. The van der Waals surface area contributed by atoms with Crippen molar-refractivity contribution < 1.29 is 14.7 Å². The molecular weight excluding hydrogens is 368 g/mol. The molecule has 0 bridgehead atoms. The highest BCUT2D eigenvalue weighted by Gasteiger charge is 2.36. The highest BCUT2D eigenvalue weighted by atomic mass is 35.5. The number of nitrogens with zero attached hydrogens (tertiary/aromatic N) is 4. The predicted octanol–water partition coefficient (Wildman–Crippen LogP) is 4.01. The van der Waals surface area contributed by atoms with Gasteiger partial charge >= 0.3 is 12.0 Å². The second-order valence-electron chi connectivity index (χ2n) is 7.62. The van der Waals surface area contributed by atoms with Crippen molar-refractivity contribution in [3.63, 3.8) is 0 Å². The van der Waals surface area contributed by atoms with Crippen LogP contribution in [-0.2, 0) is 12.0 Å². The normalized spacial score (nSPS) is 14.4. The van der Waals surface area contributed by atoms with Crippen LogP contribution in [0.25, 0.3) is 0 Å². The van der Waals surface area contributed by atoms with E-state index in [9.17, 15) is 14.7 Å². The summed E-state index contributed by atoms with van der Waals surface area (Å²) >= 11 is 5.87. The number of carbonyl (C=O) groups excluding carboxylic acids is 1. The molecule has 0 saturated carbocycles. The van der Waals surface area contributed by atoms with Crippen LogP contribution in [0.15, 0.2) is 18.3 Å². The van der Waals surface area contributed by atoms with E-state index in [1.807, 2.05) is 27.7 Å². The van der Waals surface area contributed by atoms with Crippen LogP contribution in [0.1, 0.15) is 47.8 Å². The molecule has 0 atom stereocenters. The molecule has 0 saturated heterocycles. The zero-order valence-electron chi connectivity index (χ0n) is 15.9. The molecular formula is C19H21ClN4O3. The Balaban J connectivity index is 2.25. The first-order valence-corrected chi connectivity index (χ1v) is 8.84. The van der Waals surface area contributed by atoms with Gasteiger partial charge in [-0.25, -0.2) is 14.6 Å². The molecule has 3 rings (SSSR count). The lowest BCUT2D eigenvalue weighted by Gasteiger charge is -2.38. The lowest BCUT2D eigenvalue weighted by atomic mass is 9.80. The molecule has 0 unspecified atom stereocenters. The molecule has 1 aromatic heterocycles. The van der Waals surface area contributed by atoms with Gasteiger partial charge in [0.25, 0.3) is 0 Å². The summed E-state index contributed by atoms with van der Waals surface area (Å²) in [6.45, 7) is 7.92. The van der Waals surface area contributed by atoms with Gasteiger partial charge < -0.3 is 5.11 Å². The van der Waals surface area contributed by atoms with E-state index >= 15 is 0 Å². The Morgan fingerprint density at radius 2 is 1.96 bits per heavy atom. The second-order valence-corrected chi connectivity index (χ2v) is 7.96. The van der Waals surface area contributed by atoms with Gasteiger partial charge in [-0.3, -0.25) is 9.80 Å². The number of benzene rings is 1. The van der Waals surface area contributed by atoms with Gasteiger partial charge in [-0.15, -0.1) is 0 Å². The SMILES string of the molecule is Cc1ccc(C(=O)O)c(C(C)(C)C)c1N1Cc2cnc(Cl)nc2N(C)C1=O. The molecule has 8 heteroatoms. The van der Waals surface area contributed by atoms with Crippen LogP contribution >= 0.6 is 11.6 Å². The average Bonchev–Trinajstić information content (AvgIpc) is 2.57. The van der Waals surface area contributed by atoms with Gasteiger partial charge in [-0.1, -0.05) is 26.8 Å². The fourth-order valence-corrected chi connectivity index (χ4v) is 3.57. The molecule has 7 nitrogen and oxygen atoms in total. The maximum atomic E-state index is 13.1. The average molecular weight is 389 g/mol. The summed E-state index contributed by atoms with van der Waals surface area (Å²) in [5, 5.41) is 9.77. The lowest BCUT2D eigenvalue weighted by Crippen LogP contribution is -2.47. The molecule has 0 radical (unpaired) electrons. The number of hydrogen-bond acceptors (Lipinski definition) is 4. The van der Waals surface area contributed by atoms with Crippen LogP contribution in [0, 0.1) is 6.92 Å². The molecule has 0 aliphatic carbocycles. The van der Waals surface area contributed by atoms with Crippen molar-refractivity contribution in [1.29, 1.82) is 0 Å². The van der Waals surface area contributed by atoms with Gasteiger partial charge in [0.2, 0.25) is 5.28 Å². The lowest BCUT2D eigenvalue weighted by molar-refractivity contribution is 0.0694. The molecule has 2 heterocycles. The van der Waals surface area contributed by atoms with E-state index in [1.165, 1.54) is 4.90 Å².